The first kappa shape index (κ1) is 13.4. The first-order valence-electron chi connectivity index (χ1n) is 4.54. The maximum Gasteiger partial charge on any atom is 0.416 e. The molecule has 1 rings (SSSR count). The van der Waals surface area contributed by atoms with Crippen LogP contribution in [-0.2, 0) is 6.18 Å². The van der Waals surface area contributed by atoms with E-state index in [1.54, 1.807) is 12.2 Å². The third-order valence-electron chi connectivity index (χ3n) is 1.90. The molecule has 1 aromatic rings. The van der Waals surface area contributed by atoms with Crippen molar-refractivity contribution in [3.8, 4) is 0 Å². The molecule has 0 unspecified atom stereocenters. The summed E-state index contributed by atoms with van der Waals surface area (Å²) in [6.07, 6.45) is -0.526. The third-order valence-corrected chi connectivity index (χ3v) is 2.46. The van der Waals surface area contributed by atoms with Gasteiger partial charge in [-0.3, -0.25) is 0 Å². The summed E-state index contributed by atoms with van der Waals surface area (Å²) in [5.74, 6) is 0.424. The fourth-order valence-corrected chi connectivity index (χ4v) is 1.43. The summed E-state index contributed by atoms with van der Waals surface area (Å²) in [5, 5.41) is 0.291. The Balaban J connectivity index is 3.00. The van der Waals surface area contributed by atoms with Gasteiger partial charge in [0.1, 0.15) is 0 Å². The SMILES string of the molecule is FC(F)(F)c1ccc(Cl)c(C=CCCCl)c1. The minimum Gasteiger partial charge on any atom is -0.166 e. The molecule has 0 radical (unpaired) electrons. The van der Waals surface area contributed by atoms with E-state index in [0.717, 1.165) is 12.1 Å². The van der Waals surface area contributed by atoms with Gasteiger partial charge in [0.2, 0.25) is 0 Å². The van der Waals surface area contributed by atoms with Gasteiger partial charge in [-0.25, -0.2) is 0 Å². The van der Waals surface area contributed by atoms with Gasteiger partial charge in [0.25, 0.3) is 0 Å². The summed E-state index contributed by atoms with van der Waals surface area (Å²) < 4.78 is 37.2. The van der Waals surface area contributed by atoms with E-state index in [-0.39, 0.29) is 0 Å². The normalized spacial score (nSPS) is 12.3. The molecule has 0 N–H and O–H groups in total. The monoisotopic (exact) mass is 268 g/mol. The molecule has 1 aromatic carbocycles. The van der Waals surface area contributed by atoms with Gasteiger partial charge in [-0.2, -0.15) is 13.2 Å². The molecule has 16 heavy (non-hydrogen) atoms. The maximum atomic E-state index is 12.4. The zero-order valence-corrected chi connectivity index (χ0v) is 9.70. The highest BCUT2D eigenvalue weighted by molar-refractivity contribution is 6.32. The predicted octanol–water partition coefficient (Wildman–Crippen LogP) is 5.00. The third kappa shape index (κ3) is 3.72. The molecule has 0 nitrogen and oxygen atoms in total. The molecule has 5 heteroatoms. The van der Waals surface area contributed by atoms with Crippen LogP contribution in [0.3, 0.4) is 0 Å². The molecule has 0 aromatic heterocycles. The van der Waals surface area contributed by atoms with Gasteiger partial charge in [-0.15, -0.1) is 11.6 Å². The summed E-state index contributed by atoms with van der Waals surface area (Å²) in [6, 6.07) is 3.22. The fraction of sp³-hybridized carbons (Fsp3) is 0.273. The van der Waals surface area contributed by atoms with Gasteiger partial charge in [-0.1, -0.05) is 23.8 Å². The predicted molar refractivity (Wildman–Crippen MR) is 60.8 cm³/mol. The Labute approximate surface area is 102 Å². The van der Waals surface area contributed by atoms with Crippen molar-refractivity contribution >= 4 is 29.3 Å². The number of halogens is 5. The molecule has 0 aliphatic carbocycles. The summed E-state index contributed by atoms with van der Waals surface area (Å²) in [7, 11) is 0. The lowest BCUT2D eigenvalue weighted by Crippen LogP contribution is -2.04. The maximum absolute atomic E-state index is 12.4. The van der Waals surface area contributed by atoms with Crippen LogP contribution in [0.5, 0.6) is 0 Å². The van der Waals surface area contributed by atoms with E-state index < -0.39 is 11.7 Å². The van der Waals surface area contributed by atoms with Crippen molar-refractivity contribution in [3.05, 3.63) is 40.4 Å². The molecule has 0 heterocycles. The Kier molecular flexibility index (Phi) is 4.69. The Bertz CT molecular complexity index is 383. The second kappa shape index (κ2) is 5.60. The first-order valence-corrected chi connectivity index (χ1v) is 5.45. The second-order valence-electron chi connectivity index (χ2n) is 3.11. The average Bonchev–Trinajstić information content (AvgIpc) is 2.19. The van der Waals surface area contributed by atoms with Crippen LogP contribution in [0.25, 0.3) is 6.08 Å². The van der Waals surface area contributed by atoms with Crippen LogP contribution in [-0.4, -0.2) is 5.88 Å². The van der Waals surface area contributed by atoms with Crippen LogP contribution in [0.2, 0.25) is 5.02 Å². The van der Waals surface area contributed by atoms with Crippen LogP contribution >= 0.6 is 23.2 Å². The number of rotatable bonds is 3. The molecular weight excluding hydrogens is 260 g/mol. The largest absolute Gasteiger partial charge is 0.416 e. The van der Waals surface area contributed by atoms with Gasteiger partial charge >= 0.3 is 6.18 Å². The standard InChI is InChI=1S/C11H9Cl2F3/c12-6-2-1-3-8-7-9(11(14,15)16)4-5-10(8)13/h1,3-5,7H,2,6H2. The van der Waals surface area contributed by atoms with Crippen LogP contribution in [0.4, 0.5) is 13.2 Å². The Morgan fingerprint density at radius 3 is 2.50 bits per heavy atom. The molecular formula is C11H9Cl2F3. The van der Waals surface area contributed by atoms with E-state index in [0.29, 0.717) is 22.9 Å². The fourth-order valence-electron chi connectivity index (χ4n) is 1.12. The van der Waals surface area contributed by atoms with Crippen molar-refractivity contribution in [2.75, 3.05) is 5.88 Å². The van der Waals surface area contributed by atoms with Crippen molar-refractivity contribution in [1.29, 1.82) is 0 Å². The zero-order valence-electron chi connectivity index (χ0n) is 8.19. The molecule has 0 atom stereocenters. The quantitative estimate of drug-likeness (QED) is 0.677. The molecule has 88 valence electrons. The van der Waals surface area contributed by atoms with E-state index in [1.807, 2.05) is 0 Å². The van der Waals surface area contributed by atoms with Crippen molar-refractivity contribution in [2.24, 2.45) is 0 Å². The summed E-state index contributed by atoms with van der Waals surface area (Å²) in [6.45, 7) is 0. The van der Waals surface area contributed by atoms with Crippen molar-refractivity contribution in [3.63, 3.8) is 0 Å². The lowest BCUT2D eigenvalue weighted by molar-refractivity contribution is -0.137. The van der Waals surface area contributed by atoms with E-state index in [4.69, 9.17) is 23.2 Å². The highest BCUT2D eigenvalue weighted by Gasteiger charge is 2.30. The molecule has 0 saturated heterocycles. The van der Waals surface area contributed by atoms with Gasteiger partial charge < -0.3 is 0 Å². The van der Waals surface area contributed by atoms with Crippen LogP contribution < -0.4 is 0 Å². The van der Waals surface area contributed by atoms with Crippen LogP contribution in [0, 0.1) is 0 Å². The van der Waals surface area contributed by atoms with Crippen molar-refractivity contribution in [1.82, 2.24) is 0 Å². The highest BCUT2D eigenvalue weighted by Crippen LogP contribution is 2.32. The molecule has 0 amide bonds. The molecule has 0 aliphatic rings. The van der Waals surface area contributed by atoms with Gasteiger partial charge in [-0.05, 0) is 30.2 Å². The van der Waals surface area contributed by atoms with Crippen molar-refractivity contribution < 1.29 is 13.2 Å². The average molecular weight is 269 g/mol. The van der Waals surface area contributed by atoms with E-state index in [9.17, 15) is 13.2 Å². The minimum absolute atomic E-state index is 0.291. The van der Waals surface area contributed by atoms with Gasteiger partial charge in [0.05, 0.1) is 5.56 Å². The Morgan fingerprint density at radius 1 is 1.25 bits per heavy atom. The zero-order chi connectivity index (χ0) is 12.2. The molecule has 0 fully saturated rings. The molecule has 0 spiro atoms. The number of benzene rings is 1. The number of alkyl halides is 4. The van der Waals surface area contributed by atoms with E-state index in [2.05, 4.69) is 0 Å². The summed E-state index contributed by atoms with van der Waals surface area (Å²) in [5.41, 5.74) is -0.357. The summed E-state index contributed by atoms with van der Waals surface area (Å²) >= 11 is 11.2. The number of hydrogen-bond donors (Lipinski definition) is 0. The lowest BCUT2D eigenvalue weighted by atomic mass is 10.1. The van der Waals surface area contributed by atoms with E-state index in [1.165, 1.54) is 6.07 Å². The van der Waals surface area contributed by atoms with Gasteiger partial charge in [0, 0.05) is 10.9 Å². The minimum atomic E-state index is -4.35. The molecule has 0 saturated carbocycles. The summed E-state index contributed by atoms with van der Waals surface area (Å²) in [4.78, 5) is 0. The number of hydrogen-bond acceptors (Lipinski definition) is 0. The Hall–Kier alpha value is -0.670. The highest BCUT2D eigenvalue weighted by atomic mass is 35.5. The second-order valence-corrected chi connectivity index (χ2v) is 3.90. The smallest absolute Gasteiger partial charge is 0.166 e. The van der Waals surface area contributed by atoms with Crippen LogP contribution in [0.1, 0.15) is 17.5 Å². The van der Waals surface area contributed by atoms with Crippen LogP contribution in [0.15, 0.2) is 24.3 Å². The first-order chi connectivity index (χ1) is 7.45. The molecule has 0 bridgehead atoms. The lowest BCUT2D eigenvalue weighted by Gasteiger charge is -2.08. The van der Waals surface area contributed by atoms with E-state index >= 15 is 0 Å². The van der Waals surface area contributed by atoms with Crippen molar-refractivity contribution in [2.45, 2.75) is 12.6 Å². The Morgan fingerprint density at radius 2 is 1.94 bits per heavy atom. The van der Waals surface area contributed by atoms with Gasteiger partial charge in [0.15, 0.2) is 0 Å². The topological polar surface area (TPSA) is 0 Å². The number of allylic oxidation sites excluding steroid dienone is 1. The molecule has 0 aliphatic heterocycles.